The van der Waals surface area contributed by atoms with Crippen LogP contribution in [-0.2, 0) is 14.3 Å². The molecule has 0 spiro atoms. The third kappa shape index (κ3) is 4.61. The number of nitrogens with one attached hydrogen (secondary N) is 1. The predicted octanol–water partition coefficient (Wildman–Crippen LogP) is 0.282. The maximum atomic E-state index is 12.0. The van der Waals surface area contributed by atoms with Crippen LogP contribution in [0.1, 0.15) is 27.2 Å². The lowest BCUT2D eigenvalue weighted by molar-refractivity contribution is -0.149. The zero-order valence-corrected chi connectivity index (χ0v) is 11.0. The van der Waals surface area contributed by atoms with Crippen LogP contribution in [0.5, 0.6) is 0 Å². The molecular formula is C12H24N2O3. The molecule has 0 bridgehead atoms. The van der Waals surface area contributed by atoms with E-state index in [1.165, 1.54) is 0 Å². The lowest BCUT2D eigenvalue weighted by Gasteiger charge is -2.33. The van der Waals surface area contributed by atoms with Crippen molar-refractivity contribution in [3.05, 3.63) is 0 Å². The van der Waals surface area contributed by atoms with Gasteiger partial charge < -0.3 is 20.5 Å². The molecule has 0 saturated carbocycles. The quantitative estimate of drug-likeness (QED) is 0.745. The maximum absolute atomic E-state index is 12.0. The number of carbonyl (C=O) groups is 1. The van der Waals surface area contributed by atoms with E-state index in [1.807, 2.05) is 0 Å². The zero-order valence-electron chi connectivity index (χ0n) is 11.0. The number of hydrogen-bond donors (Lipinski definition) is 2. The molecule has 0 radical (unpaired) electrons. The Bertz CT molecular complexity index is 245. The zero-order chi connectivity index (χ0) is 12.9. The number of ether oxygens (including phenoxy) is 2. The summed E-state index contributed by atoms with van der Waals surface area (Å²) in [5, 5.41) is 3.00. The van der Waals surface area contributed by atoms with Gasteiger partial charge in [-0.15, -0.1) is 0 Å². The van der Waals surface area contributed by atoms with Crippen LogP contribution in [0, 0.1) is 5.41 Å². The number of rotatable bonds is 4. The average Bonchev–Trinajstić information content (AvgIpc) is 2.28. The monoisotopic (exact) mass is 244 g/mol. The van der Waals surface area contributed by atoms with Gasteiger partial charge in [-0.3, -0.25) is 4.79 Å². The molecule has 1 amide bonds. The molecule has 100 valence electrons. The predicted molar refractivity (Wildman–Crippen MR) is 65.6 cm³/mol. The molecule has 0 aromatic rings. The average molecular weight is 244 g/mol. The van der Waals surface area contributed by atoms with Crippen molar-refractivity contribution in [2.75, 3.05) is 26.4 Å². The Labute approximate surface area is 103 Å². The van der Waals surface area contributed by atoms with Crippen molar-refractivity contribution in [3.63, 3.8) is 0 Å². The molecule has 2 unspecified atom stereocenters. The molecule has 2 atom stereocenters. The smallest absolute Gasteiger partial charge is 0.251 e. The molecule has 1 aliphatic rings. The molecule has 17 heavy (non-hydrogen) atoms. The molecule has 1 rings (SSSR count). The highest BCUT2D eigenvalue weighted by atomic mass is 16.6. The van der Waals surface area contributed by atoms with Crippen molar-refractivity contribution < 1.29 is 14.3 Å². The molecule has 0 aromatic heterocycles. The number of carbonyl (C=O) groups excluding carboxylic acids is 1. The van der Waals surface area contributed by atoms with Gasteiger partial charge in [0.1, 0.15) is 0 Å². The van der Waals surface area contributed by atoms with Crippen LogP contribution in [-0.4, -0.2) is 44.4 Å². The minimum absolute atomic E-state index is 0.00937. The van der Waals surface area contributed by atoms with E-state index in [0.29, 0.717) is 26.4 Å². The first-order valence-electron chi connectivity index (χ1n) is 6.15. The lowest BCUT2D eigenvalue weighted by Crippen LogP contribution is -2.51. The second-order valence-electron chi connectivity index (χ2n) is 5.44. The first-order chi connectivity index (χ1) is 7.95. The van der Waals surface area contributed by atoms with Gasteiger partial charge in [0.15, 0.2) is 6.10 Å². The lowest BCUT2D eigenvalue weighted by atomic mass is 9.84. The summed E-state index contributed by atoms with van der Waals surface area (Å²) in [7, 11) is 0. The molecule has 0 aliphatic carbocycles. The van der Waals surface area contributed by atoms with Gasteiger partial charge in [0.25, 0.3) is 5.91 Å². The minimum Gasteiger partial charge on any atom is -0.376 e. The van der Waals surface area contributed by atoms with Crippen LogP contribution in [0.2, 0.25) is 0 Å². The van der Waals surface area contributed by atoms with Crippen molar-refractivity contribution in [2.24, 2.45) is 11.1 Å². The number of nitrogens with two attached hydrogens (primary N) is 1. The van der Waals surface area contributed by atoms with Crippen molar-refractivity contribution in [2.45, 2.75) is 39.3 Å². The molecule has 1 saturated heterocycles. The van der Waals surface area contributed by atoms with Crippen LogP contribution in [0.3, 0.4) is 0 Å². The van der Waals surface area contributed by atoms with E-state index >= 15 is 0 Å². The third-order valence-electron chi connectivity index (χ3n) is 2.93. The maximum Gasteiger partial charge on any atom is 0.251 e. The molecule has 5 heteroatoms. The summed E-state index contributed by atoms with van der Waals surface area (Å²) < 4.78 is 10.6. The van der Waals surface area contributed by atoms with Gasteiger partial charge in [-0.2, -0.15) is 0 Å². The van der Waals surface area contributed by atoms with Gasteiger partial charge in [0.2, 0.25) is 0 Å². The van der Waals surface area contributed by atoms with Crippen LogP contribution in [0.4, 0.5) is 0 Å². The number of amides is 1. The summed E-state index contributed by atoms with van der Waals surface area (Å²) in [6, 6.07) is 0.0607. The molecule has 5 nitrogen and oxygen atoms in total. The third-order valence-corrected chi connectivity index (χ3v) is 2.93. The highest BCUT2D eigenvalue weighted by molar-refractivity contribution is 5.81. The van der Waals surface area contributed by atoms with Gasteiger partial charge in [-0.1, -0.05) is 20.8 Å². The van der Waals surface area contributed by atoms with E-state index in [1.54, 1.807) is 0 Å². The molecule has 1 aliphatic heterocycles. The van der Waals surface area contributed by atoms with E-state index in [9.17, 15) is 4.79 Å². The summed E-state index contributed by atoms with van der Waals surface area (Å²) in [5.74, 6) is -0.0990. The highest BCUT2D eigenvalue weighted by Gasteiger charge is 2.29. The van der Waals surface area contributed by atoms with E-state index in [4.69, 9.17) is 15.2 Å². The Morgan fingerprint density at radius 3 is 2.65 bits per heavy atom. The van der Waals surface area contributed by atoms with Gasteiger partial charge in [-0.25, -0.2) is 0 Å². The highest BCUT2D eigenvalue weighted by Crippen LogP contribution is 2.21. The van der Waals surface area contributed by atoms with Crippen LogP contribution in [0.15, 0.2) is 0 Å². The Hall–Kier alpha value is -0.650. The first-order valence-corrected chi connectivity index (χ1v) is 6.15. The number of hydrogen-bond acceptors (Lipinski definition) is 4. The summed E-state index contributed by atoms with van der Waals surface area (Å²) in [5.41, 5.74) is 5.56. The van der Waals surface area contributed by atoms with Crippen LogP contribution < -0.4 is 11.1 Å². The van der Waals surface area contributed by atoms with Crippen molar-refractivity contribution in [1.82, 2.24) is 5.32 Å². The molecule has 1 fully saturated rings. The van der Waals surface area contributed by atoms with Crippen molar-refractivity contribution in [3.8, 4) is 0 Å². The second kappa shape index (κ2) is 6.33. The van der Waals surface area contributed by atoms with Crippen LogP contribution >= 0.6 is 0 Å². The fourth-order valence-electron chi connectivity index (χ4n) is 1.79. The molecule has 3 N–H and O–H groups in total. The summed E-state index contributed by atoms with van der Waals surface area (Å²) in [4.78, 5) is 12.0. The summed E-state index contributed by atoms with van der Waals surface area (Å²) in [6.07, 6.45) is 0.286. The van der Waals surface area contributed by atoms with Gasteiger partial charge >= 0.3 is 0 Å². The Balaban J connectivity index is 2.51. The largest absolute Gasteiger partial charge is 0.376 e. The standard InChI is InChI=1S/C12H24N2O3/c1-12(2,3)10(4-5-13)14-11(15)9-8-16-6-7-17-9/h9-10H,4-8,13H2,1-3H3,(H,14,15). The van der Waals surface area contributed by atoms with Gasteiger partial charge in [0, 0.05) is 6.04 Å². The topological polar surface area (TPSA) is 73.6 Å². The summed E-state index contributed by atoms with van der Waals surface area (Å²) >= 11 is 0. The molecule has 0 aromatic carbocycles. The Morgan fingerprint density at radius 2 is 2.18 bits per heavy atom. The van der Waals surface area contributed by atoms with Crippen molar-refractivity contribution >= 4 is 5.91 Å². The summed E-state index contributed by atoms with van der Waals surface area (Å²) in [6.45, 7) is 8.21. The van der Waals surface area contributed by atoms with Crippen LogP contribution in [0.25, 0.3) is 0 Å². The SMILES string of the molecule is CC(C)(C)C(CCN)NC(=O)C1COCCO1. The molecule has 1 heterocycles. The Morgan fingerprint density at radius 1 is 1.47 bits per heavy atom. The van der Waals surface area contributed by atoms with E-state index < -0.39 is 6.10 Å². The van der Waals surface area contributed by atoms with Crippen molar-refractivity contribution in [1.29, 1.82) is 0 Å². The second-order valence-corrected chi connectivity index (χ2v) is 5.44. The minimum atomic E-state index is -0.480. The molecular weight excluding hydrogens is 220 g/mol. The fraction of sp³-hybridized carbons (Fsp3) is 0.917. The van der Waals surface area contributed by atoms with E-state index in [2.05, 4.69) is 26.1 Å². The Kier molecular flexibility index (Phi) is 5.36. The first kappa shape index (κ1) is 14.4. The van der Waals surface area contributed by atoms with Gasteiger partial charge in [0.05, 0.1) is 19.8 Å². The van der Waals surface area contributed by atoms with E-state index in [-0.39, 0.29) is 17.4 Å². The fourth-order valence-corrected chi connectivity index (χ4v) is 1.79. The van der Waals surface area contributed by atoms with E-state index in [0.717, 1.165) is 6.42 Å². The van der Waals surface area contributed by atoms with Gasteiger partial charge in [-0.05, 0) is 18.4 Å². The normalized spacial score (nSPS) is 23.2.